The van der Waals surface area contributed by atoms with Crippen LogP contribution in [0.1, 0.15) is 329 Å². The highest BCUT2D eigenvalue weighted by atomic mass is 31.2. The maximum atomic E-state index is 13.0. The van der Waals surface area contributed by atoms with Gasteiger partial charge in [0.2, 0.25) is 0 Å². The smallest absolute Gasteiger partial charge is 0.462 e. The molecule has 0 aromatic heterocycles. The molecule has 3 atom stereocenters. The molecule has 12 heteroatoms. The Kier molecular flexibility index (Phi) is 60.5. The first-order valence-corrected chi connectivity index (χ1v) is 35.0. The minimum atomic E-state index is -4.76. The number of rotatable bonds is 63. The van der Waals surface area contributed by atoms with Gasteiger partial charge in [-0.05, 0) is 103 Å². The molecular weight excluding hydrogens is 1020 g/mol. The van der Waals surface area contributed by atoms with Crippen LogP contribution < -0.4 is 0 Å². The average Bonchev–Trinajstić information content (AvgIpc) is 3.45. The summed E-state index contributed by atoms with van der Waals surface area (Å²) >= 11 is 0. The molecule has 0 aliphatic carbocycles. The van der Waals surface area contributed by atoms with Crippen molar-refractivity contribution in [1.82, 2.24) is 0 Å². The number of ether oxygens (including phenoxy) is 3. The summed E-state index contributed by atoms with van der Waals surface area (Å²) in [5.41, 5.74) is 0. The van der Waals surface area contributed by atoms with Gasteiger partial charge < -0.3 is 24.2 Å². The molecule has 0 bridgehead atoms. The molecule has 0 aromatic carbocycles. The van der Waals surface area contributed by atoms with E-state index in [2.05, 4.69) is 69.4 Å². The van der Waals surface area contributed by atoms with Gasteiger partial charge in [-0.1, -0.05) is 256 Å². The number of phosphoric ester groups is 1. The van der Waals surface area contributed by atoms with Crippen molar-refractivity contribution in [2.45, 2.75) is 341 Å². The average molecular weight is 1150 g/mol. The fourth-order valence-corrected chi connectivity index (χ4v) is 10.3. The normalized spacial score (nSPS) is 13.5. The van der Waals surface area contributed by atoms with Crippen molar-refractivity contribution in [2.24, 2.45) is 0 Å². The molecule has 0 rings (SSSR count). The molecule has 0 saturated carbocycles. The van der Waals surface area contributed by atoms with E-state index in [1.807, 2.05) is 0 Å². The number of phosphoric acid groups is 1. The third-order valence-corrected chi connectivity index (χ3v) is 15.6. The van der Waals surface area contributed by atoms with Crippen LogP contribution in [0.2, 0.25) is 0 Å². The first-order chi connectivity index (χ1) is 39.2. The SMILES string of the molecule is CCCCC/C=C\C/C=C\CCCCCCCCCCCC(=O)OCC(COP(=O)(O)OCC(CO)OC(=O)CCCCCCCCC/C=C\CCCCCCCC)OC(=O)CCCCCCCCC/C=C\CCCCCCCC. The molecule has 0 aliphatic heterocycles. The molecule has 468 valence electrons. The van der Waals surface area contributed by atoms with Gasteiger partial charge in [-0.15, -0.1) is 0 Å². The molecule has 0 spiro atoms. The topological polar surface area (TPSA) is 155 Å². The molecule has 0 amide bonds. The molecule has 11 nitrogen and oxygen atoms in total. The zero-order valence-corrected chi connectivity index (χ0v) is 53.0. The number of hydrogen-bond donors (Lipinski definition) is 2. The van der Waals surface area contributed by atoms with E-state index in [1.165, 1.54) is 186 Å². The van der Waals surface area contributed by atoms with Crippen LogP contribution in [0, 0.1) is 0 Å². The van der Waals surface area contributed by atoms with E-state index in [0.717, 1.165) is 83.5 Å². The molecule has 0 fully saturated rings. The number of hydrogen-bond acceptors (Lipinski definition) is 10. The molecule has 0 aromatic rings. The van der Waals surface area contributed by atoms with E-state index in [1.54, 1.807) is 0 Å². The third kappa shape index (κ3) is 60.0. The number of carbonyl (C=O) groups is 3. The zero-order chi connectivity index (χ0) is 58.3. The van der Waals surface area contributed by atoms with Gasteiger partial charge in [0.05, 0.1) is 19.8 Å². The van der Waals surface area contributed by atoms with E-state index >= 15 is 0 Å². The first-order valence-electron chi connectivity index (χ1n) is 33.5. The van der Waals surface area contributed by atoms with Crippen LogP contribution >= 0.6 is 7.82 Å². The van der Waals surface area contributed by atoms with Crippen LogP contribution in [-0.2, 0) is 42.2 Å². The highest BCUT2D eigenvalue weighted by Gasteiger charge is 2.28. The van der Waals surface area contributed by atoms with Crippen molar-refractivity contribution < 1.29 is 52.2 Å². The van der Waals surface area contributed by atoms with Gasteiger partial charge in [0.25, 0.3) is 0 Å². The van der Waals surface area contributed by atoms with Gasteiger partial charge in [-0.25, -0.2) is 4.57 Å². The number of unbranched alkanes of at least 4 members (excludes halogenated alkanes) is 38. The standard InChI is InChI=1S/C68H125O11P/c1-4-7-10-13-16-19-22-25-28-31-32-35-36-39-42-45-48-51-54-57-66(70)75-61-65(79-68(72)59-56-53-50-47-44-41-38-34-30-27-24-21-18-15-12-9-6-3)63-77-80(73,74)76-62-64(60-69)78-67(71)58-55-52-49-46-43-40-37-33-29-26-23-20-17-14-11-8-5-2/h16,19,25-30,64-65,69H,4-15,17-18,20-24,31-63H2,1-3H3,(H,73,74)/b19-16-,28-25-,29-26-,30-27-. The number of aliphatic hydroxyl groups is 1. The van der Waals surface area contributed by atoms with Gasteiger partial charge in [0, 0.05) is 19.3 Å². The number of carbonyl (C=O) groups excluding carboxylic acids is 3. The Morgan fingerprint density at radius 3 is 0.963 bits per heavy atom. The molecule has 2 N–H and O–H groups in total. The maximum Gasteiger partial charge on any atom is 0.472 e. The molecule has 0 radical (unpaired) electrons. The summed E-state index contributed by atoms with van der Waals surface area (Å²) in [6, 6.07) is 0. The van der Waals surface area contributed by atoms with Crippen molar-refractivity contribution in [3.05, 3.63) is 48.6 Å². The van der Waals surface area contributed by atoms with E-state index in [9.17, 15) is 28.9 Å². The van der Waals surface area contributed by atoms with Gasteiger partial charge in [-0.3, -0.25) is 23.4 Å². The lowest BCUT2D eigenvalue weighted by Gasteiger charge is -2.21. The molecule has 0 aliphatic rings. The van der Waals surface area contributed by atoms with Crippen molar-refractivity contribution in [3.8, 4) is 0 Å². The molecule has 3 unspecified atom stereocenters. The van der Waals surface area contributed by atoms with Crippen molar-refractivity contribution in [2.75, 3.05) is 26.4 Å². The van der Waals surface area contributed by atoms with Crippen molar-refractivity contribution in [3.63, 3.8) is 0 Å². The van der Waals surface area contributed by atoms with Gasteiger partial charge >= 0.3 is 25.7 Å². The first kappa shape index (κ1) is 77.4. The summed E-state index contributed by atoms with van der Waals surface area (Å²) in [6.07, 6.45) is 69.1. The third-order valence-electron chi connectivity index (χ3n) is 14.7. The Bertz CT molecular complexity index is 1530. The quantitative estimate of drug-likeness (QED) is 0.0197. The van der Waals surface area contributed by atoms with E-state index < -0.39 is 57.8 Å². The fraction of sp³-hybridized carbons (Fsp3) is 0.838. The minimum Gasteiger partial charge on any atom is -0.462 e. The van der Waals surface area contributed by atoms with E-state index in [-0.39, 0.29) is 25.9 Å². The lowest BCUT2D eigenvalue weighted by Crippen LogP contribution is -2.30. The van der Waals surface area contributed by atoms with Gasteiger partial charge in [0.15, 0.2) is 6.10 Å². The van der Waals surface area contributed by atoms with Crippen LogP contribution in [0.5, 0.6) is 0 Å². The Hall–Kier alpha value is -2.56. The highest BCUT2D eigenvalue weighted by Crippen LogP contribution is 2.43. The number of aliphatic hydroxyl groups excluding tert-OH is 1. The summed E-state index contributed by atoms with van der Waals surface area (Å²) < 4.78 is 39.7. The Balaban J connectivity index is 4.67. The highest BCUT2D eigenvalue weighted by molar-refractivity contribution is 7.47. The summed E-state index contributed by atoms with van der Waals surface area (Å²) in [7, 11) is -4.76. The molecule has 0 heterocycles. The largest absolute Gasteiger partial charge is 0.472 e. The Labute approximate surface area is 492 Å². The van der Waals surface area contributed by atoms with Gasteiger partial charge in [0.1, 0.15) is 12.7 Å². The summed E-state index contributed by atoms with van der Waals surface area (Å²) in [4.78, 5) is 48.8. The zero-order valence-electron chi connectivity index (χ0n) is 52.1. The lowest BCUT2D eigenvalue weighted by molar-refractivity contribution is -0.161. The van der Waals surface area contributed by atoms with Crippen LogP contribution in [0.15, 0.2) is 48.6 Å². The summed E-state index contributed by atoms with van der Waals surface area (Å²) in [5, 5.41) is 9.86. The predicted octanol–water partition coefficient (Wildman–Crippen LogP) is 20.5. The summed E-state index contributed by atoms with van der Waals surface area (Å²) in [5.74, 6) is -1.46. The van der Waals surface area contributed by atoms with E-state index in [4.69, 9.17) is 23.3 Å². The monoisotopic (exact) mass is 1150 g/mol. The number of esters is 3. The second-order valence-electron chi connectivity index (χ2n) is 22.6. The second-order valence-corrected chi connectivity index (χ2v) is 24.1. The predicted molar refractivity (Wildman–Crippen MR) is 335 cm³/mol. The fourth-order valence-electron chi connectivity index (χ4n) is 9.55. The number of allylic oxidation sites excluding steroid dienone is 8. The molecule has 0 saturated heterocycles. The van der Waals surface area contributed by atoms with Crippen LogP contribution in [-0.4, -0.2) is 66.5 Å². The Morgan fingerprint density at radius 1 is 0.350 bits per heavy atom. The van der Waals surface area contributed by atoms with Crippen LogP contribution in [0.4, 0.5) is 0 Å². The minimum absolute atomic E-state index is 0.164. The van der Waals surface area contributed by atoms with Crippen LogP contribution in [0.3, 0.4) is 0 Å². The Morgan fingerprint density at radius 2 is 0.613 bits per heavy atom. The molecule has 80 heavy (non-hydrogen) atoms. The van der Waals surface area contributed by atoms with E-state index in [0.29, 0.717) is 19.3 Å². The summed E-state index contributed by atoms with van der Waals surface area (Å²) in [6.45, 7) is 4.67. The van der Waals surface area contributed by atoms with Crippen molar-refractivity contribution >= 4 is 25.7 Å². The van der Waals surface area contributed by atoms with Crippen LogP contribution in [0.25, 0.3) is 0 Å². The molecular formula is C68H125O11P. The van der Waals surface area contributed by atoms with Gasteiger partial charge in [-0.2, -0.15) is 0 Å². The lowest BCUT2D eigenvalue weighted by atomic mass is 10.1. The maximum absolute atomic E-state index is 13.0. The van der Waals surface area contributed by atoms with Crippen molar-refractivity contribution in [1.29, 1.82) is 0 Å². The second kappa shape index (κ2) is 62.5.